The van der Waals surface area contributed by atoms with Gasteiger partial charge in [0.05, 0.1) is 18.5 Å². The second-order valence-corrected chi connectivity index (χ2v) is 6.95. The van der Waals surface area contributed by atoms with Gasteiger partial charge < -0.3 is 10.2 Å². The molecule has 2 heterocycles. The summed E-state index contributed by atoms with van der Waals surface area (Å²) in [4.78, 5) is 27.3. The van der Waals surface area contributed by atoms with E-state index in [2.05, 4.69) is 5.32 Å². The summed E-state index contributed by atoms with van der Waals surface area (Å²) in [6.07, 6.45) is 0.733. The van der Waals surface area contributed by atoms with Gasteiger partial charge in [-0.25, -0.2) is 4.39 Å². The van der Waals surface area contributed by atoms with Crippen molar-refractivity contribution in [3.05, 3.63) is 58.0 Å². The Morgan fingerprint density at radius 1 is 1.33 bits per heavy atom. The maximum absolute atomic E-state index is 14.3. The van der Waals surface area contributed by atoms with Gasteiger partial charge in [0.15, 0.2) is 0 Å². The van der Waals surface area contributed by atoms with Crippen LogP contribution in [-0.4, -0.2) is 23.8 Å². The number of piperidine rings is 1. The summed E-state index contributed by atoms with van der Waals surface area (Å²) < 4.78 is 14.3. The highest BCUT2D eigenvalue weighted by Gasteiger charge is 2.39. The van der Waals surface area contributed by atoms with E-state index < -0.39 is 12.0 Å². The molecule has 0 radical (unpaired) electrons. The Bertz CT molecular complexity index is 732. The van der Waals surface area contributed by atoms with Crippen LogP contribution in [0.5, 0.6) is 0 Å². The lowest BCUT2D eigenvalue weighted by Gasteiger charge is -2.38. The van der Waals surface area contributed by atoms with Crippen LogP contribution < -0.4 is 5.32 Å². The molecule has 1 aromatic heterocycles. The highest BCUT2D eigenvalue weighted by atomic mass is 32.1. The molecule has 2 amide bonds. The van der Waals surface area contributed by atoms with Gasteiger partial charge in [-0.05, 0) is 23.9 Å². The number of halogens is 1. The van der Waals surface area contributed by atoms with Gasteiger partial charge in [-0.3, -0.25) is 9.59 Å². The molecule has 1 aromatic carbocycles. The number of nitrogens with one attached hydrogen (secondary N) is 1. The topological polar surface area (TPSA) is 49.4 Å². The second-order valence-electron chi connectivity index (χ2n) is 5.91. The van der Waals surface area contributed by atoms with Gasteiger partial charge in [0.25, 0.3) is 0 Å². The maximum atomic E-state index is 14.3. The fourth-order valence-electron chi connectivity index (χ4n) is 3.17. The molecular weight excluding hydrogens is 327 g/mol. The number of nitrogens with zero attached hydrogens (tertiary/aromatic N) is 1. The third-order valence-electron chi connectivity index (χ3n) is 4.44. The Labute approximate surface area is 144 Å². The van der Waals surface area contributed by atoms with Gasteiger partial charge >= 0.3 is 0 Å². The van der Waals surface area contributed by atoms with Crippen molar-refractivity contribution >= 4 is 23.2 Å². The SMILES string of the molecule is CN1C(=O)CCC(C(=O)NCc2cccs2)C1c1ccccc1F. The van der Waals surface area contributed by atoms with Crippen LogP contribution in [0.2, 0.25) is 0 Å². The van der Waals surface area contributed by atoms with E-state index in [1.165, 1.54) is 11.0 Å². The molecule has 0 bridgehead atoms. The predicted molar refractivity (Wildman–Crippen MR) is 90.8 cm³/mol. The average molecular weight is 346 g/mol. The number of hydrogen-bond donors (Lipinski definition) is 1. The zero-order valence-electron chi connectivity index (χ0n) is 13.4. The van der Waals surface area contributed by atoms with Crippen LogP contribution in [0, 0.1) is 11.7 Å². The number of benzene rings is 1. The lowest BCUT2D eigenvalue weighted by Crippen LogP contribution is -2.46. The monoisotopic (exact) mass is 346 g/mol. The summed E-state index contributed by atoms with van der Waals surface area (Å²) in [5, 5.41) is 4.88. The van der Waals surface area contributed by atoms with Gasteiger partial charge in [0.2, 0.25) is 11.8 Å². The largest absolute Gasteiger partial charge is 0.351 e. The molecule has 2 unspecified atom stereocenters. The quantitative estimate of drug-likeness (QED) is 0.925. The normalized spacial score (nSPS) is 20.9. The van der Waals surface area contributed by atoms with E-state index in [4.69, 9.17) is 0 Å². The number of hydrogen-bond acceptors (Lipinski definition) is 3. The van der Waals surface area contributed by atoms with E-state index in [0.29, 0.717) is 24.9 Å². The highest BCUT2D eigenvalue weighted by Crippen LogP contribution is 2.37. The van der Waals surface area contributed by atoms with Gasteiger partial charge in [0, 0.05) is 23.9 Å². The molecule has 1 aliphatic rings. The smallest absolute Gasteiger partial charge is 0.225 e. The zero-order valence-corrected chi connectivity index (χ0v) is 14.2. The zero-order chi connectivity index (χ0) is 17.1. The van der Waals surface area contributed by atoms with Crippen LogP contribution in [0.15, 0.2) is 41.8 Å². The van der Waals surface area contributed by atoms with Gasteiger partial charge in [0.1, 0.15) is 5.82 Å². The Morgan fingerprint density at radius 2 is 2.12 bits per heavy atom. The summed E-state index contributed by atoms with van der Waals surface area (Å²) >= 11 is 1.57. The van der Waals surface area contributed by atoms with E-state index in [1.54, 1.807) is 36.6 Å². The van der Waals surface area contributed by atoms with Crippen LogP contribution in [0.4, 0.5) is 4.39 Å². The molecule has 1 N–H and O–H groups in total. The molecule has 1 aliphatic heterocycles. The summed E-state index contributed by atoms with van der Waals surface area (Å²) in [5.41, 5.74) is 0.393. The Balaban J connectivity index is 1.82. The maximum Gasteiger partial charge on any atom is 0.225 e. The minimum Gasteiger partial charge on any atom is -0.351 e. The van der Waals surface area contributed by atoms with Crippen LogP contribution >= 0.6 is 11.3 Å². The average Bonchev–Trinajstić information content (AvgIpc) is 3.09. The van der Waals surface area contributed by atoms with Crippen molar-refractivity contribution in [2.24, 2.45) is 5.92 Å². The third-order valence-corrected chi connectivity index (χ3v) is 5.31. The molecule has 6 heteroatoms. The summed E-state index contributed by atoms with van der Waals surface area (Å²) in [5.74, 6) is -1.05. The summed E-state index contributed by atoms with van der Waals surface area (Å²) in [6.45, 7) is 0.453. The van der Waals surface area contributed by atoms with Crippen molar-refractivity contribution in [1.82, 2.24) is 10.2 Å². The van der Waals surface area contributed by atoms with Crippen molar-refractivity contribution in [1.29, 1.82) is 0 Å². The number of amides is 2. The fraction of sp³-hybridized carbons (Fsp3) is 0.333. The lowest BCUT2D eigenvalue weighted by molar-refractivity contribution is -0.141. The standard InChI is InChI=1S/C18H19FN2O2S/c1-21-16(22)9-8-14(17(21)13-6-2-3-7-15(13)19)18(23)20-11-12-5-4-10-24-12/h2-7,10,14,17H,8-9,11H2,1H3,(H,20,23). The van der Waals surface area contributed by atoms with E-state index in [9.17, 15) is 14.0 Å². The molecule has 2 atom stereocenters. The molecule has 3 rings (SSSR count). The van der Waals surface area contributed by atoms with E-state index >= 15 is 0 Å². The van der Waals surface area contributed by atoms with Crippen molar-refractivity contribution < 1.29 is 14.0 Å². The minimum absolute atomic E-state index is 0.0643. The molecule has 4 nitrogen and oxygen atoms in total. The first-order valence-electron chi connectivity index (χ1n) is 7.88. The molecule has 0 saturated carbocycles. The van der Waals surface area contributed by atoms with Gasteiger partial charge in [-0.1, -0.05) is 24.3 Å². The Morgan fingerprint density at radius 3 is 2.83 bits per heavy atom. The molecule has 0 aliphatic carbocycles. The minimum atomic E-state index is -0.573. The first-order valence-corrected chi connectivity index (χ1v) is 8.76. The van der Waals surface area contributed by atoms with E-state index in [1.807, 2.05) is 17.5 Å². The molecule has 126 valence electrons. The van der Waals surface area contributed by atoms with Crippen molar-refractivity contribution in [3.63, 3.8) is 0 Å². The van der Waals surface area contributed by atoms with Crippen LogP contribution in [0.3, 0.4) is 0 Å². The number of rotatable bonds is 4. The van der Waals surface area contributed by atoms with Crippen LogP contribution in [0.25, 0.3) is 0 Å². The van der Waals surface area contributed by atoms with Crippen molar-refractivity contribution in [3.8, 4) is 0 Å². The molecule has 1 saturated heterocycles. The molecule has 1 fully saturated rings. The first-order chi connectivity index (χ1) is 11.6. The molecular formula is C18H19FN2O2S. The Hall–Kier alpha value is -2.21. The highest BCUT2D eigenvalue weighted by molar-refractivity contribution is 7.09. The van der Waals surface area contributed by atoms with Gasteiger partial charge in [-0.15, -0.1) is 11.3 Å². The number of thiophene rings is 1. The van der Waals surface area contributed by atoms with Crippen molar-refractivity contribution in [2.75, 3.05) is 7.05 Å². The van der Waals surface area contributed by atoms with E-state index in [-0.39, 0.29) is 17.6 Å². The number of carbonyl (C=O) groups excluding carboxylic acids is 2. The number of carbonyl (C=O) groups is 2. The first kappa shape index (κ1) is 16.6. The van der Waals surface area contributed by atoms with Crippen LogP contribution in [0.1, 0.15) is 29.3 Å². The van der Waals surface area contributed by atoms with Crippen LogP contribution in [-0.2, 0) is 16.1 Å². The fourth-order valence-corrected chi connectivity index (χ4v) is 3.82. The predicted octanol–water partition coefficient (Wildman–Crippen LogP) is 3.11. The second kappa shape index (κ2) is 7.13. The molecule has 0 spiro atoms. The number of likely N-dealkylation sites (tertiary alicyclic amines) is 1. The summed E-state index contributed by atoms with van der Waals surface area (Å²) in [7, 11) is 1.64. The van der Waals surface area contributed by atoms with Crippen molar-refractivity contribution in [2.45, 2.75) is 25.4 Å². The lowest BCUT2D eigenvalue weighted by atomic mass is 9.83. The third kappa shape index (κ3) is 3.33. The van der Waals surface area contributed by atoms with Gasteiger partial charge in [-0.2, -0.15) is 0 Å². The van der Waals surface area contributed by atoms with E-state index in [0.717, 1.165) is 4.88 Å². The Kier molecular flexibility index (Phi) is 4.94. The molecule has 2 aromatic rings. The molecule has 24 heavy (non-hydrogen) atoms. The summed E-state index contributed by atoms with van der Waals surface area (Å²) in [6, 6.07) is 9.66.